The van der Waals surface area contributed by atoms with E-state index >= 15 is 0 Å². The summed E-state index contributed by atoms with van der Waals surface area (Å²) in [5.41, 5.74) is 2.05. The molecule has 0 saturated heterocycles. The van der Waals surface area contributed by atoms with Crippen molar-refractivity contribution in [2.24, 2.45) is 7.05 Å². The molecule has 0 saturated carbocycles. The number of nitrogens with one attached hydrogen (secondary N) is 1. The second-order valence-electron chi connectivity index (χ2n) is 4.56. The minimum atomic E-state index is 0.115. The van der Waals surface area contributed by atoms with Crippen molar-refractivity contribution in [1.29, 1.82) is 0 Å². The van der Waals surface area contributed by atoms with Crippen LogP contribution in [0.3, 0.4) is 0 Å². The van der Waals surface area contributed by atoms with Crippen molar-refractivity contribution in [3.05, 3.63) is 44.4 Å². The Morgan fingerprint density at radius 2 is 1.82 bits per heavy atom. The van der Waals surface area contributed by atoms with Gasteiger partial charge in [0.05, 0.1) is 10.0 Å². The molecular weight excluding hydrogens is 368 g/mol. The highest BCUT2D eigenvalue weighted by molar-refractivity contribution is 6.42. The predicted octanol–water partition coefficient (Wildman–Crippen LogP) is 4.59. The van der Waals surface area contributed by atoms with Crippen molar-refractivity contribution in [2.45, 2.75) is 6.54 Å². The van der Waals surface area contributed by atoms with Crippen LogP contribution < -0.4 is 5.32 Å². The number of nitrogens with zero attached hydrogens (tertiary/aromatic N) is 4. The average Bonchev–Trinajstić information content (AvgIpc) is 2.76. The van der Waals surface area contributed by atoms with Crippen LogP contribution in [0.2, 0.25) is 20.6 Å². The molecule has 0 spiro atoms. The van der Waals surface area contributed by atoms with Crippen LogP contribution in [0, 0.1) is 0 Å². The first-order chi connectivity index (χ1) is 10.5. The number of rotatable bonds is 3. The molecule has 0 fully saturated rings. The number of imidazole rings is 1. The molecular formula is C13H9Cl4N5. The summed E-state index contributed by atoms with van der Waals surface area (Å²) in [5, 5.41) is 4.59. The van der Waals surface area contributed by atoms with Crippen LogP contribution in [0.1, 0.15) is 5.56 Å². The molecule has 5 nitrogen and oxygen atoms in total. The van der Waals surface area contributed by atoms with Crippen molar-refractivity contribution in [1.82, 2.24) is 19.5 Å². The zero-order chi connectivity index (χ0) is 15.9. The zero-order valence-electron chi connectivity index (χ0n) is 11.2. The quantitative estimate of drug-likeness (QED) is 0.536. The lowest BCUT2D eigenvalue weighted by Crippen LogP contribution is -2.03. The highest BCUT2D eigenvalue weighted by Gasteiger charge is 2.14. The first-order valence-corrected chi connectivity index (χ1v) is 7.70. The molecule has 1 aromatic carbocycles. The van der Waals surface area contributed by atoms with Gasteiger partial charge in [-0.25, -0.2) is 4.98 Å². The largest absolute Gasteiger partial charge is 0.364 e. The number of hydrogen-bond acceptors (Lipinski definition) is 4. The minimum absolute atomic E-state index is 0.115. The number of halogens is 4. The van der Waals surface area contributed by atoms with Crippen molar-refractivity contribution < 1.29 is 0 Å². The van der Waals surface area contributed by atoms with Gasteiger partial charge in [-0.1, -0.05) is 29.3 Å². The summed E-state index contributed by atoms with van der Waals surface area (Å²) in [6.07, 6.45) is 0. The third kappa shape index (κ3) is 2.94. The van der Waals surface area contributed by atoms with E-state index in [4.69, 9.17) is 46.4 Å². The maximum absolute atomic E-state index is 6.01. The molecule has 2 heterocycles. The van der Waals surface area contributed by atoms with E-state index in [1.807, 2.05) is 6.07 Å². The molecule has 3 rings (SSSR count). The summed E-state index contributed by atoms with van der Waals surface area (Å²) in [7, 11) is 1.75. The van der Waals surface area contributed by atoms with Gasteiger partial charge in [0, 0.05) is 13.6 Å². The Hall–Kier alpha value is -1.27. The van der Waals surface area contributed by atoms with Crippen LogP contribution in [-0.2, 0) is 13.6 Å². The molecule has 3 aromatic rings. The summed E-state index contributed by atoms with van der Waals surface area (Å²) < 4.78 is 1.63. The summed E-state index contributed by atoms with van der Waals surface area (Å²) in [6, 6.07) is 5.38. The fraction of sp³-hybridized carbons (Fsp3) is 0.154. The second kappa shape index (κ2) is 6.08. The lowest BCUT2D eigenvalue weighted by Gasteiger charge is -2.07. The molecule has 0 aliphatic rings. The molecule has 2 aromatic heterocycles. The summed E-state index contributed by atoms with van der Waals surface area (Å²) in [5.74, 6) is 0.503. The SMILES string of the molecule is Cn1c(Cl)nc2c(NCc3ccc(Cl)c(Cl)c3)nc(Cl)nc21. The van der Waals surface area contributed by atoms with Gasteiger partial charge >= 0.3 is 0 Å². The van der Waals surface area contributed by atoms with E-state index in [1.165, 1.54) is 0 Å². The fourth-order valence-corrected chi connectivity index (χ4v) is 2.62. The van der Waals surface area contributed by atoms with Crippen LogP contribution in [0.5, 0.6) is 0 Å². The van der Waals surface area contributed by atoms with Crippen molar-refractivity contribution >= 4 is 63.4 Å². The van der Waals surface area contributed by atoms with E-state index in [0.717, 1.165) is 5.56 Å². The standard InChI is InChI=1S/C13H9Cl4N5/c1-22-11-9(19-13(22)17)10(20-12(16)21-11)18-5-6-2-3-7(14)8(15)4-6/h2-4H,5H2,1H3,(H,18,20,21). The molecule has 0 amide bonds. The Labute approximate surface area is 146 Å². The van der Waals surface area contributed by atoms with Crippen molar-refractivity contribution in [3.63, 3.8) is 0 Å². The molecule has 0 aliphatic carbocycles. The summed E-state index contributed by atoms with van der Waals surface area (Å²) in [6.45, 7) is 0.480. The van der Waals surface area contributed by atoms with Crippen LogP contribution in [0.4, 0.5) is 5.82 Å². The Morgan fingerprint density at radius 1 is 1.05 bits per heavy atom. The van der Waals surface area contributed by atoms with E-state index in [2.05, 4.69) is 20.3 Å². The van der Waals surface area contributed by atoms with Crippen molar-refractivity contribution in [2.75, 3.05) is 5.32 Å². The molecule has 0 bridgehead atoms. The van der Waals surface area contributed by atoms with Gasteiger partial charge in [-0.2, -0.15) is 9.97 Å². The topological polar surface area (TPSA) is 55.6 Å². The van der Waals surface area contributed by atoms with Gasteiger partial charge < -0.3 is 9.88 Å². The van der Waals surface area contributed by atoms with Gasteiger partial charge in [0.2, 0.25) is 10.6 Å². The fourth-order valence-electron chi connectivity index (χ4n) is 1.97. The summed E-state index contributed by atoms with van der Waals surface area (Å²) in [4.78, 5) is 12.5. The number of fused-ring (bicyclic) bond motifs is 1. The van der Waals surface area contributed by atoms with E-state index < -0.39 is 0 Å². The highest BCUT2D eigenvalue weighted by atomic mass is 35.5. The third-order valence-corrected chi connectivity index (χ3v) is 4.33. The van der Waals surface area contributed by atoms with Gasteiger partial charge in [-0.15, -0.1) is 0 Å². The Balaban J connectivity index is 1.93. The Morgan fingerprint density at radius 3 is 2.55 bits per heavy atom. The average molecular weight is 377 g/mol. The normalized spacial score (nSPS) is 11.1. The number of aryl methyl sites for hydroxylation is 1. The van der Waals surface area contributed by atoms with Crippen LogP contribution in [-0.4, -0.2) is 19.5 Å². The Kier molecular flexibility index (Phi) is 4.32. The molecule has 0 atom stereocenters. The van der Waals surface area contributed by atoms with Crippen LogP contribution in [0.25, 0.3) is 11.2 Å². The van der Waals surface area contributed by atoms with E-state index in [1.54, 1.807) is 23.7 Å². The number of anilines is 1. The third-order valence-electron chi connectivity index (χ3n) is 3.08. The molecule has 114 valence electrons. The van der Waals surface area contributed by atoms with E-state index in [0.29, 0.717) is 38.9 Å². The molecule has 1 N–H and O–H groups in total. The summed E-state index contributed by atoms with van der Waals surface area (Å²) >= 11 is 23.9. The molecule has 0 radical (unpaired) electrons. The number of benzene rings is 1. The van der Waals surface area contributed by atoms with Crippen LogP contribution in [0.15, 0.2) is 18.2 Å². The second-order valence-corrected chi connectivity index (χ2v) is 6.05. The minimum Gasteiger partial charge on any atom is -0.364 e. The number of aromatic nitrogens is 4. The van der Waals surface area contributed by atoms with Gasteiger partial charge in [-0.3, -0.25) is 0 Å². The van der Waals surface area contributed by atoms with Gasteiger partial charge in [0.15, 0.2) is 17.0 Å². The first kappa shape index (κ1) is 15.6. The van der Waals surface area contributed by atoms with Gasteiger partial charge in [0.1, 0.15) is 0 Å². The first-order valence-electron chi connectivity index (χ1n) is 6.19. The van der Waals surface area contributed by atoms with Crippen molar-refractivity contribution in [3.8, 4) is 0 Å². The lowest BCUT2D eigenvalue weighted by atomic mass is 10.2. The predicted molar refractivity (Wildman–Crippen MR) is 90.1 cm³/mol. The number of hydrogen-bond donors (Lipinski definition) is 1. The molecule has 9 heteroatoms. The maximum Gasteiger partial charge on any atom is 0.226 e. The molecule has 0 unspecified atom stereocenters. The van der Waals surface area contributed by atoms with Gasteiger partial charge in [-0.05, 0) is 40.9 Å². The smallest absolute Gasteiger partial charge is 0.226 e. The lowest BCUT2D eigenvalue weighted by molar-refractivity contribution is 0.929. The maximum atomic E-state index is 6.01. The van der Waals surface area contributed by atoms with Crippen LogP contribution >= 0.6 is 46.4 Å². The Bertz CT molecular complexity index is 861. The van der Waals surface area contributed by atoms with E-state index in [-0.39, 0.29) is 5.28 Å². The van der Waals surface area contributed by atoms with Gasteiger partial charge in [0.25, 0.3) is 0 Å². The molecule has 22 heavy (non-hydrogen) atoms. The zero-order valence-corrected chi connectivity index (χ0v) is 14.3. The van der Waals surface area contributed by atoms with E-state index in [9.17, 15) is 0 Å². The highest BCUT2D eigenvalue weighted by Crippen LogP contribution is 2.26. The molecule has 0 aliphatic heterocycles. The monoisotopic (exact) mass is 375 g/mol.